The maximum atomic E-state index is 12.5. The number of hydrogen-bond acceptors (Lipinski definition) is 5. The van der Waals surface area contributed by atoms with Crippen LogP contribution in [0.1, 0.15) is 31.4 Å². The molecule has 0 amide bonds. The molecule has 4 N–H and O–H groups in total. The van der Waals surface area contributed by atoms with E-state index < -0.39 is 11.9 Å². The van der Waals surface area contributed by atoms with E-state index in [4.69, 9.17) is 11.5 Å². The third-order valence-corrected chi connectivity index (χ3v) is 5.16. The Kier molecular flexibility index (Phi) is 4.51. The molecule has 2 heterocycles. The lowest BCUT2D eigenvalue weighted by atomic mass is 9.78. The third kappa shape index (κ3) is 3.67. The Morgan fingerprint density at radius 1 is 1.14 bits per heavy atom. The molecule has 0 saturated heterocycles. The van der Waals surface area contributed by atoms with Gasteiger partial charge in [0.25, 0.3) is 0 Å². The van der Waals surface area contributed by atoms with E-state index in [9.17, 15) is 13.2 Å². The molecule has 4 rings (SSSR count). The van der Waals surface area contributed by atoms with Crippen molar-refractivity contribution in [2.75, 3.05) is 0 Å². The number of alkyl halides is 3. The van der Waals surface area contributed by atoms with Crippen LogP contribution in [0.2, 0.25) is 0 Å². The molecule has 1 aromatic carbocycles. The third-order valence-electron chi connectivity index (χ3n) is 5.16. The van der Waals surface area contributed by atoms with Gasteiger partial charge in [-0.2, -0.15) is 5.10 Å². The van der Waals surface area contributed by atoms with E-state index >= 15 is 0 Å². The maximum Gasteiger partial charge on any atom is 0.573 e. The summed E-state index contributed by atoms with van der Waals surface area (Å²) in [6.07, 6.45) is -0.0824. The smallest absolute Gasteiger partial charge is 0.406 e. The summed E-state index contributed by atoms with van der Waals surface area (Å²) >= 11 is 0. The van der Waals surface area contributed by atoms with Crippen molar-refractivity contribution in [3.05, 3.63) is 48.3 Å². The van der Waals surface area contributed by atoms with Crippen LogP contribution in [0.15, 0.2) is 42.6 Å². The van der Waals surface area contributed by atoms with Crippen LogP contribution >= 0.6 is 0 Å². The van der Waals surface area contributed by atoms with Crippen LogP contribution in [0.25, 0.3) is 16.9 Å². The quantitative estimate of drug-likeness (QED) is 0.714. The van der Waals surface area contributed by atoms with Crippen molar-refractivity contribution < 1.29 is 17.9 Å². The Morgan fingerprint density at radius 3 is 2.61 bits per heavy atom. The van der Waals surface area contributed by atoms with Gasteiger partial charge in [0.15, 0.2) is 5.65 Å². The van der Waals surface area contributed by atoms with Crippen molar-refractivity contribution in [3.63, 3.8) is 0 Å². The first-order valence-corrected chi connectivity index (χ1v) is 8.99. The number of fused-ring (bicyclic) bond motifs is 1. The number of rotatable bonds is 3. The largest absolute Gasteiger partial charge is 0.573 e. The van der Waals surface area contributed by atoms with Gasteiger partial charge in [-0.3, -0.25) is 0 Å². The molecule has 0 unspecified atom stereocenters. The van der Waals surface area contributed by atoms with Gasteiger partial charge in [0, 0.05) is 11.6 Å². The van der Waals surface area contributed by atoms with Crippen molar-refractivity contribution >= 4 is 5.65 Å². The molecule has 9 heteroatoms. The van der Waals surface area contributed by atoms with Crippen molar-refractivity contribution in [1.82, 2.24) is 14.6 Å². The average Bonchev–Trinajstić information content (AvgIpc) is 3.06. The average molecular weight is 391 g/mol. The van der Waals surface area contributed by atoms with E-state index in [2.05, 4.69) is 14.8 Å². The summed E-state index contributed by atoms with van der Waals surface area (Å²) in [4.78, 5) is 4.30. The van der Waals surface area contributed by atoms with E-state index in [1.54, 1.807) is 16.8 Å². The van der Waals surface area contributed by atoms with Crippen LogP contribution < -0.4 is 16.2 Å². The molecule has 1 aliphatic carbocycles. The minimum absolute atomic E-state index is 0.153. The standard InChI is InChI=1S/C19H20F3N5O/c20-19(21,22)28-14-3-1-2-12(10-14)15-11-25-17-5-4-16(26-27(15)17)18(24)8-6-13(23)7-9-18/h1-5,10-11,13H,6-9,23-24H2/t13-,18+. The summed E-state index contributed by atoms with van der Waals surface area (Å²) in [5.74, 6) is -0.298. The molecule has 6 nitrogen and oxygen atoms in total. The second kappa shape index (κ2) is 6.75. The highest BCUT2D eigenvalue weighted by Crippen LogP contribution is 2.34. The Hall–Kier alpha value is -2.65. The highest BCUT2D eigenvalue weighted by Gasteiger charge is 2.34. The first-order chi connectivity index (χ1) is 13.2. The fourth-order valence-corrected chi connectivity index (χ4v) is 3.60. The number of nitrogens with zero attached hydrogens (tertiary/aromatic N) is 3. The molecule has 0 spiro atoms. The Morgan fingerprint density at radius 2 is 1.89 bits per heavy atom. The number of ether oxygens (including phenoxy) is 1. The topological polar surface area (TPSA) is 91.5 Å². The minimum atomic E-state index is -4.75. The normalized spacial score (nSPS) is 23.1. The zero-order valence-electron chi connectivity index (χ0n) is 15.0. The van der Waals surface area contributed by atoms with Gasteiger partial charge in [0.1, 0.15) is 5.75 Å². The number of hydrogen-bond donors (Lipinski definition) is 2. The molecule has 0 atom stereocenters. The summed E-state index contributed by atoms with van der Waals surface area (Å²) in [5.41, 5.74) is 14.4. The zero-order chi connectivity index (χ0) is 19.9. The van der Waals surface area contributed by atoms with Gasteiger partial charge in [0.2, 0.25) is 0 Å². The molecule has 148 valence electrons. The molecule has 28 heavy (non-hydrogen) atoms. The van der Waals surface area contributed by atoms with Crippen LogP contribution in [0, 0.1) is 0 Å². The van der Waals surface area contributed by atoms with Crippen molar-refractivity contribution in [1.29, 1.82) is 0 Å². The van der Waals surface area contributed by atoms with Gasteiger partial charge in [-0.05, 0) is 49.9 Å². The highest BCUT2D eigenvalue weighted by molar-refractivity contribution is 5.64. The SMILES string of the molecule is N[C@H]1CC[C@](N)(c2ccc3ncc(-c4cccc(OC(F)(F)F)c4)n3n2)CC1. The van der Waals surface area contributed by atoms with E-state index in [0.29, 0.717) is 22.6 Å². The number of nitrogens with two attached hydrogens (primary N) is 2. The second-order valence-electron chi connectivity index (χ2n) is 7.20. The van der Waals surface area contributed by atoms with E-state index in [1.165, 1.54) is 18.2 Å². The fraction of sp³-hybridized carbons (Fsp3) is 0.368. The fourth-order valence-electron chi connectivity index (χ4n) is 3.60. The Balaban J connectivity index is 1.72. The van der Waals surface area contributed by atoms with E-state index in [0.717, 1.165) is 25.7 Å². The first-order valence-electron chi connectivity index (χ1n) is 8.99. The van der Waals surface area contributed by atoms with Crippen molar-refractivity contribution in [2.45, 2.75) is 43.6 Å². The summed E-state index contributed by atoms with van der Waals surface area (Å²) in [6.45, 7) is 0. The lowest BCUT2D eigenvalue weighted by Gasteiger charge is -2.35. The van der Waals surface area contributed by atoms with Gasteiger partial charge in [-0.25, -0.2) is 9.50 Å². The maximum absolute atomic E-state index is 12.5. The minimum Gasteiger partial charge on any atom is -0.406 e. The zero-order valence-corrected chi connectivity index (χ0v) is 15.0. The molecule has 1 aliphatic rings. The van der Waals surface area contributed by atoms with Crippen LogP contribution in [-0.2, 0) is 5.54 Å². The lowest BCUT2D eigenvalue weighted by molar-refractivity contribution is -0.274. The number of benzene rings is 1. The lowest BCUT2D eigenvalue weighted by Crippen LogP contribution is -2.44. The number of aromatic nitrogens is 3. The summed E-state index contributed by atoms with van der Waals surface area (Å²) in [7, 11) is 0. The monoisotopic (exact) mass is 391 g/mol. The molecule has 1 fully saturated rings. The van der Waals surface area contributed by atoms with Crippen LogP contribution in [0.5, 0.6) is 5.75 Å². The molecule has 1 saturated carbocycles. The van der Waals surface area contributed by atoms with Crippen LogP contribution in [0.3, 0.4) is 0 Å². The summed E-state index contributed by atoms with van der Waals surface area (Å²) in [5, 5.41) is 4.66. The van der Waals surface area contributed by atoms with Gasteiger partial charge >= 0.3 is 6.36 Å². The molecule has 0 bridgehead atoms. The van der Waals surface area contributed by atoms with Gasteiger partial charge in [0.05, 0.1) is 23.1 Å². The van der Waals surface area contributed by atoms with Gasteiger partial charge < -0.3 is 16.2 Å². The molecule has 2 aromatic heterocycles. The van der Waals surface area contributed by atoms with Crippen molar-refractivity contribution in [3.8, 4) is 17.0 Å². The molecular weight excluding hydrogens is 371 g/mol. The summed E-state index contributed by atoms with van der Waals surface area (Å²) in [6, 6.07) is 9.55. The molecule has 3 aromatic rings. The predicted octanol–water partition coefficient (Wildman–Crippen LogP) is 3.35. The van der Waals surface area contributed by atoms with Crippen LogP contribution in [-0.4, -0.2) is 27.0 Å². The first kappa shape index (κ1) is 18.7. The van der Waals surface area contributed by atoms with Gasteiger partial charge in [-0.1, -0.05) is 12.1 Å². The molecule has 0 aliphatic heterocycles. The Labute approximate surface area is 159 Å². The molecular formula is C19H20F3N5O. The molecule has 0 radical (unpaired) electrons. The van der Waals surface area contributed by atoms with E-state index in [-0.39, 0.29) is 11.8 Å². The van der Waals surface area contributed by atoms with E-state index in [1.807, 2.05) is 12.1 Å². The summed E-state index contributed by atoms with van der Waals surface area (Å²) < 4.78 is 43.2. The predicted molar refractivity (Wildman–Crippen MR) is 97.4 cm³/mol. The number of imidazole rings is 1. The highest BCUT2D eigenvalue weighted by atomic mass is 19.4. The Bertz CT molecular complexity index is 993. The second-order valence-corrected chi connectivity index (χ2v) is 7.20. The van der Waals surface area contributed by atoms with Gasteiger partial charge in [-0.15, -0.1) is 13.2 Å². The van der Waals surface area contributed by atoms with Crippen molar-refractivity contribution in [2.24, 2.45) is 11.5 Å². The van der Waals surface area contributed by atoms with Crippen LogP contribution in [0.4, 0.5) is 13.2 Å². The number of halogens is 3.